The van der Waals surface area contributed by atoms with Gasteiger partial charge in [0.15, 0.2) is 0 Å². The zero-order valence-electron chi connectivity index (χ0n) is 19.8. The predicted molar refractivity (Wildman–Crippen MR) is 135 cm³/mol. The van der Waals surface area contributed by atoms with Gasteiger partial charge in [-0.2, -0.15) is 4.37 Å². The molecule has 0 unspecified atom stereocenters. The number of carbonyl (C=O) groups is 2. The third kappa shape index (κ3) is 5.21. The maximum atomic E-state index is 13.5. The SMILES string of the molecule is Cc1cc([C@H](C(=O)N2C[C@H](O)C[C@H]2C(=O)NCc2ccc(-c3scnc3C)cc2)C(C)C)ns1. The number of benzene rings is 1. The Morgan fingerprint density at radius 1 is 1.24 bits per heavy atom. The van der Waals surface area contributed by atoms with Crippen molar-refractivity contribution in [1.29, 1.82) is 0 Å². The van der Waals surface area contributed by atoms with Gasteiger partial charge >= 0.3 is 0 Å². The molecule has 1 aromatic carbocycles. The molecule has 2 aromatic heterocycles. The molecule has 2 amide bonds. The van der Waals surface area contributed by atoms with Gasteiger partial charge in [0.2, 0.25) is 11.8 Å². The van der Waals surface area contributed by atoms with Crippen LogP contribution in [0.3, 0.4) is 0 Å². The van der Waals surface area contributed by atoms with Gasteiger partial charge in [0, 0.05) is 24.4 Å². The number of β-amino-alcohol motifs (C(OH)–C–C–N with tert-alkyl or cyclic N) is 1. The number of nitrogens with one attached hydrogen (secondary N) is 1. The first-order valence-electron chi connectivity index (χ1n) is 11.4. The number of rotatable bonds is 7. The summed E-state index contributed by atoms with van der Waals surface area (Å²) in [5, 5.41) is 13.3. The molecular formula is C25H30N4O3S2. The molecule has 0 saturated carbocycles. The van der Waals surface area contributed by atoms with Crippen LogP contribution < -0.4 is 5.32 Å². The lowest BCUT2D eigenvalue weighted by atomic mass is 9.90. The van der Waals surface area contributed by atoms with Gasteiger partial charge in [0.1, 0.15) is 6.04 Å². The van der Waals surface area contributed by atoms with Crippen LogP contribution in [0.5, 0.6) is 0 Å². The van der Waals surface area contributed by atoms with Crippen LogP contribution in [0.15, 0.2) is 35.8 Å². The van der Waals surface area contributed by atoms with Gasteiger partial charge < -0.3 is 15.3 Å². The summed E-state index contributed by atoms with van der Waals surface area (Å²) in [6, 6.07) is 9.27. The minimum atomic E-state index is -0.716. The van der Waals surface area contributed by atoms with Crippen molar-refractivity contribution in [2.45, 2.75) is 58.7 Å². The average Bonchev–Trinajstić information content (AvgIpc) is 3.52. The summed E-state index contributed by atoms with van der Waals surface area (Å²) in [4.78, 5) is 34.6. The van der Waals surface area contributed by atoms with Crippen molar-refractivity contribution < 1.29 is 14.7 Å². The summed E-state index contributed by atoms with van der Waals surface area (Å²) < 4.78 is 4.45. The summed E-state index contributed by atoms with van der Waals surface area (Å²) in [6.07, 6.45) is -0.478. The lowest BCUT2D eigenvalue weighted by Gasteiger charge is -2.29. The molecule has 4 rings (SSSR count). The van der Waals surface area contributed by atoms with E-state index in [1.54, 1.807) is 11.3 Å². The number of amides is 2. The third-order valence-corrected chi connectivity index (χ3v) is 7.88. The van der Waals surface area contributed by atoms with E-state index in [1.165, 1.54) is 16.4 Å². The standard InChI is InChI=1S/C25H30N4O3S2/c1-14(2)22(20-9-15(3)34-28-20)25(32)29-12-19(30)10-21(29)24(31)26-11-17-5-7-18(8-6-17)23-16(4)27-13-33-23/h5-9,13-14,19,21-22,30H,10-12H2,1-4H3,(H,26,31)/t19-,21+,22-/m1/s1. The molecule has 0 radical (unpaired) electrons. The summed E-state index contributed by atoms with van der Waals surface area (Å²) in [5.41, 5.74) is 5.64. The Balaban J connectivity index is 1.43. The number of hydrogen-bond donors (Lipinski definition) is 2. The Hall–Kier alpha value is -2.62. The van der Waals surface area contributed by atoms with E-state index in [2.05, 4.69) is 14.7 Å². The Bertz CT molecular complexity index is 1160. The van der Waals surface area contributed by atoms with Crippen LogP contribution in [0, 0.1) is 19.8 Å². The van der Waals surface area contributed by atoms with Crippen molar-refractivity contribution in [3.05, 3.63) is 57.7 Å². The highest BCUT2D eigenvalue weighted by Gasteiger charge is 2.42. The lowest BCUT2D eigenvalue weighted by molar-refractivity contribution is -0.140. The van der Waals surface area contributed by atoms with Crippen molar-refractivity contribution in [2.75, 3.05) is 6.54 Å². The molecule has 3 atom stereocenters. The van der Waals surface area contributed by atoms with Crippen LogP contribution in [0.4, 0.5) is 0 Å². The number of aromatic nitrogens is 2. The van der Waals surface area contributed by atoms with Crippen LogP contribution in [0.2, 0.25) is 0 Å². The van der Waals surface area contributed by atoms with Gasteiger partial charge in [-0.1, -0.05) is 38.1 Å². The van der Waals surface area contributed by atoms with E-state index < -0.39 is 18.1 Å². The minimum absolute atomic E-state index is 0.0242. The highest BCUT2D eigenvalue weighted by atomic mass is 32.1. The normalized spacial score (nSPS) is 18.9. The molecule has 3 heterocycles. The van der Waals surface area contributed by atoms with E-state index >= 15 is 0 Å². The Morgan fingerprint density at radius 2 is 1.97 bits per heavy atom. The van der Waals surface area contributed by atoms with E-state index in [4.69, 9.17) is 0 Å². The molecule has 0 bridgehead atoms. The Labute approximate surface area is 208 Å². The monoisotopic (exact) mass is 498 g/mol. The second kappa shape index (κ2) is 10.3. The molecule has 1 fully saturated rings. The van der Waals surface area contributed by atoms with Crippen LogP contribution in [-0.4, -0.2) is 49.9 Å². The predicted octanol–water partition coefficient (Wildman–Crippen LogP) is 3.90. The molecule has 0 spiro atoms. The first-order valence-corrected chi connectivity index (χ1v) is 13.1. The van der Waals surface area contributed by atoms with Gasteiger partial charge in [-0.25, -0.2) is 4.98 Å². The number of nitrogens with zero attached hydrogens (tertiary/aromatic N) is 3. The maximum absolute atomic E-state index is 13.5. The number of hydrogen-bond acceptors (Lipinski definition) is 7. The topological polar surface area (TPSA) is 95.4 Å². The Morgan fingerprint density at radius 3 is 2.56 bits per heavy atom. The molecule has 3 aromatic rings. The zero-order valence-corrected chi connectivity index (χ0v) is 21.4. The molecule has 7 nitrogen and oxygen atoms in total. The Kier molecular flexibility index (Phi) is 7.45. The summed E-state index contributed by atoms with van der Waals surface area (Å²) in [7, 11) is 0. The summed E-state index contributed by atoms with van der Waals surface area (Å²) in [6.45, 7) is 8.43. The number of aliphatic hydroxyl groups excluding tert-OH is 1. The smallest absolute Gasteiger partial charge is 0.243 e. The first-order chi connectivity index (χ1) is 16.2. The van der Waals surface area contributed by atoms with Gasteiger partial charge in [0.05, 0.1) is 33.8 Å². The fourth-order valence-electron chi connectivity index (χ4n) is 4.43. The van der Waals surface area contributed by atoms with Crippen molar-refractivity contribution in [3.8, 4) is 10.4 Å². The minimum Gasteiger partial charge on any atom is -0.391 e. The number of aryl methyl sites for hydroxylation is 2. The van der Waals surface area contributed by atoms with Crippen molar-refractivity contribution in [1.82, 2.24) is 19.6 Å². The van der Waals surface area contributed by atoms with E-state index in [9.17, 15) is 14.7 Å². The zero-order chi connectivity index (χ0) is 24.4. The molecule has 1 aliphatic heterocycles. The van der Waals surface area contributed by atoms with E-state index in [1.807, 2.05) is 63.5 Å². The molecule has 34 heavy (non-hydrogen) atoms. The average molecular weight is 499 g/mol. The highest BCUT2D eigenvalue weighted by molar-refractivity contribution is 7.13. The summed E-state index contributed by atoms with van der Waals surface area (Å²) >= 11 is 2.98. The quantitative estimate of drug-likeness (QED) is 0.515. The van der Waals surface area contributed by atoms with E-state index in [0.29, 0.717) is 6.54 Å². The summed E-state index contributed by atoms with van der Waals surface area (Å²) in [5.74, 6) is -0.810. The van der Waals surface area contributed by atoms with Crippen LogP contribution >= 0.6 is 22.9 Å². The molecular weight excluding hydrogens is 468 g/mol. The number of likely N-dealkylation sites (tertiary alicyclic amines) is 1. The van der Waals surface area contributed by atoms with Crippen LogP contribution in [0.25, 0.3) is 10.4 Å². The van der Waals surface area contributed by atoms with Gasteiger partial charge in [-0.05, 0) is 48.5 Å². The lowest BCUT2D eigenvalue weighted by Crippen LogP contribution is -2.48. The van der Waals surface area contributed by atoms with Crippen LogP contribution in [0.1, 0.15) is 48.0 Å². The van der Waals surface area contributed by atoms with Gasteiger partial charge in [0.25, 0.3) is 0 Å². The first kappa shape index (κ1) is 24.5. The van der Waals surface area contributed by atoms with Crippen molar-refractivity contribution in [2.24, 2.45) is 5.92 Å². The number of thiazole rings is 1. The fourth-order valence-corrected chi connectivity index (χ4v) is 5.83. The second-order valence-corrected chi connectivity index (χ2v) is 11.0. The van der Waals surface area contributed by atoms with E-state index in [0.717, 1.165) is 32.3 Å². The molecule has 2 N–H and O–H groups in total. The molecule has 180 valence electrons. The van der Waals surface area contributed by atoms with E-state index in [-0.39, 0.29) is 30.7 Å². The molecule has 1 saturated heterocycles. The number of aliphatic hydroxyl groups is 1. The second-order valence-electron chi connectivity index (χ2n) is 9.16. The van der Waals surface area contributed by atoms with Crippen molar-refractivity contribution >= 4 is 34.7 Å². The van der Waals surface area contributed by atoms with Crippen molar-refractivity contribution in [3.63, 3.8) is 0 Å². The fraction of sp³-hybridized carbons (Fsp3) is 0.440. The largest absolute Gasteiger partial charge is 0.391 e. The third-order valence-electron chi connectivity index (χ3n) is 6.19. The maximum Gasteiger partial charge on any atom is 0.243 e. The number of carbonyl (C=O) groups excluding carboxylic acids is 2. The van der Waals surface area contributed by atoms with Crippen LogP contribution in [-0.2, 0) is 16.1 Å². The highest BCUT2D eigenvalue weighted by Crippen LogP contribution is 2.31. The van der Waals surface area contributed by atoms with Gasteiger partial charge in [-0.3, -0.25) is 9.59 Å². The molecule has 9 heteroatoms. The van der Waals surface area contributed by atoms with Gasteiger partial charge in [-0.15, -0.1) is 11.3 Å². The molecule has 0 aliphatic carbocycles. The molecule has 1 aliphatic rings.